The van der Waals surface area contributed by atoms with Crippen LogP contribution < -0.4 is 14.4 Å². The minimum Gasteiger partial charge on any atom is -0.497 e. The number of hydrogen-bond donors (Lipinski definition) is 0. The fraction of sp³-hybridized carbons (Fsp3) is 0.350. The molecule has 0 unspecified atom stereocenters. The van der Waals surface area contributed by atoms with Gasteiger partial charge in [0.15, 0.2) is 6.61 Å². The molecule has 0 aromatic heterocycles. The second-order valence-electron chi connectivity index (χ2n) is 6.53. The highest BCUT2D eigenvalue weighted by Gasteiger charge is 2.27. The van der Waals surface area contributed by atoms with Gasteiger partial charge in [-0.15, -0.1) is 0 Å². The van der Waals surface area contributed by atoms with Crippen molar-refractivity contribution in [3.8, 4) is 11.5 Å². The second-order valence-corrected chi connectivity index (χ2v) is 8.46. The van der Waals surface area contributed by atoms with Gasteiger partial charge in [0, 0.05) is 31.9 Å². The van der Waals surface area contributed by atoms with Crippen LogP contribution in [0, 0.1) is 0 Å². The topological polar surface area (TPSA) is 76.1 Å². The van der Waals surface area contributed by atoms with Gasteiger partial charge in [-0.2, -0.15) is 4.31 Å². The molecule has 0 aliphatic carbocycles. The van der Waals surface area contributed by atoms with Gasteiger partial charge < -0.3 is 14.4 Å². The Hall–Kier alpha value is -2.58. The predicted octanol–water partition coefficient (Wildman–Crippen LogP) is 2.52. The van der Waals surface area contributed by atoms with Gasteiger partial charge in [0.25, 0.3) is 5.91 Å². The van der Waals surface area contributed by atoms with Crippen LogP contribution in [0.15, 0.2) is 53.4 Å². The third-order valence-corrected chi connectivity index (χ3v) is 6.62. The molecule has 1 aliphatic heterocycles. The van der Waals surface area contributed by atoms with Crippen LogP contribution in [0.5, 0.6) is 11.5 Å². The van der Waals surface area contributed by atoms with Crippen LogP contribution in [-0.4, -0.2) is 52.5 Å². The first-order valence-corrected chi connectivity index (χ1v) is 10.5. The molecule has 28 heavy (non-hydrogen) atoms. The van der Waals surface area contributed by atoms with E-state index in [4.69, 9.17) is 9.47 Å². The zero-order valence-corrected chi connectivity index (χ0v) is 16.8. The lowest BCUT2D eigenvalue weighted by Crippen LogP contribution is -2.31. The molecule has 0 bridgehead atoms. The predicted molar refractivity (Wildman–Crippen MR) is 106 cm³/mol. The molecule has 1 heterocycles. The largest absolute Gasteiger partial charge is 0.497 e. The lowest BCUT2D eigenvalue weighted by molar-refractivity contribution is -0.120. The molecule has 0 spiro atoms. The molecule has 2 aromatic carbocycles. The van der Waals surface area contributed by atoms with Crippen molar-refractivity contribution >= 4 is 21.6 Å². The third-order valence-electron chi connectivity index (χ3n) is 4.70. The fourth-order valence-electron chi connectivity index (χ4n) is 2.99. The zero-order chi connectivity index (χ0) is 20.1. The SMILES string of the molecule is COc1cccc(N(C)C(=O)COc2ccc(S(=O)(=O)N3CCCC3)cc2)c1. The number of benzene rings is 2. The molecule has 0 radical (unpaired) electrons. The van der Waals surface area contributed by atoms with Gasteiger partial charge in [0.2, 0.25) is 10.0 Å². The van der Waals surface area contributed by atoms with E-state index in [9.17, 15) is 13.2 Å². The summed E-state index contributed by atoms with van der Waals surface area (Å²) >= 11 is 0. The molecule has 1 amide bonds. The molecular formula is C20H24N2O5S. The number of hydrogen-bond acceptors (Lipinski definition) is 5. The van der Waals surface area contributed by atoms with Crippen LogP contribution in [0.2, 0.25) is 0 Å². The number of likely N-dealkylation sites (N-methyl/N-ethyl adjacent to an activating group) is 1. The van der Waals surface area contributed by atoms with Crippen molar-refractivity contribution in [1.29, 1.82) is 0 Å². The van der Waals surface area contributed by atoms with Crippen molar-refractivity contribution < 1.29 is 22.7 Å². The number of nitrogens with zero attached hydrogens (tertiary/aromatic N) is 2. The number of rotatable bonds is 7. The van der Waals surface area contributed by atoms with Crippen molar-refractivity contribution in [2.24, 2.45) is 0 Å². The third kappa shape index (κ3) is 4.45. The Morgan fingerprint density at radius 1 is 1.07 bits per heavy atom. The summed E-state index contributed by atoms with van der Waals surface area (Å²) in [5.41, 5.74) is 0.694. The quantitative estimate of drug-likeness (QED) is 0.709. The minimum atomic E-state index is -3.45. The maximum absolute atomic E-state index is 12.5. The first-order chi connectivity index (χ1) is 13.4. The summed E-state index contributed by atoms with van der Waals surface area (Å²) in [5.74, 6) is 0.864. The van der Waals surface area contributed by atoms with Crippen LogP contribution in [0.1, 0.15) is 12.8 Å². The van der Waals surface area contributed by atoms with Gasteiger partial charge in [-0.25, -0.2) is 8.42 Å². The van der Waals surface area contributed by atoms with Gasteiger partial charge >= 0.3 is 0 Å². The summed E-state index contributed by atoms with van der Waals surface area (Å²) in [6, 6.07) is 13.3. The summed E-state index contributed by atoms with van der Waals surface area (Å²) in [6.07, 6.45) is 1.78. The van der Waals surface area contributed by atoms with Gasteiger partial charge in [-0.05, 0) is 49.2 Å². The lowest BCUT2D eigenvalue weighted by Gasteiger charge is -2.18. The van der Waals surface area contributed by atoms with E-state index in [-0.39, 0.29) is 17.4 Å². The maximum Gasteiger partial charge on any atom is 0.264 e. The molecule has 1 saturated heterocycles. The van der Waals surface area contributed by atoms with E-state index in [0.29, 0.717) is 30.3 Å². The number of methoxy groups -OCH3 is 1. The standard InChI is InChI=1S/C20H24N2O5S/c1-21(16-6-5-7-18(14-16)26-2)20(23)15-27-17-8-10-19(11-9-17)28(24,25)22-12-3-4-13-22/h5-11,14H,3-4,12-13,15H2,1-2H3. The van der Waals surface area contributed by atoms with Crippen LogP contribution in [0.25, 0.3) is 0 Å². The van der Waals surface area contributed by atoms with E-state index in [1.807, 2.05) is 0 Å². The number of ether oxygens (including phenoxy) is 2. The van der Waals surface area contributed by atoms with Crippen LogP contribution in [0.3, 0.4) is 0 Å². The Kier molecular flexibility index (Phi) is 6.21. The van der Waals surface area contributed by atoms with E-state index in [1.54, 1.807) is 50.6 Å². The monoisotopic (exact) mass is 404 g/mol. The molecule has 7 nitrogen and oxygen atoms in total. The maximum atomic E-state index is 12.5. The van der Waals surface area contributed by atoms with Crippen molar-refractivity contribution in [2.75, 3.05) is 38.8 Å². The molecule has 8 heteroatoms. The fourth-order valence-corrected chi connectivity index (χ4v) is 4.51. The Balaban J connectivity index is 1.60. The molecule has 0 saturated carbocycles. The molecule has 0 N–H and O–H groups in total. The van der Waals surface area contributed by atoms with E-state index in [2.05, 4.69) is 0 Å². The van der Waals surface area contributed by atoms with Gasteiger partial charge in [0.1, 0.15) is 11.5 Å². The summed E-state index contributed by atoms with van der Waals surface area (Å²) in [6.45, 7) is 0.962. The van der Waals surface area contributed by atoms with Crippen molar-refractivity contribution in [3.63, 3.8) is 0 Å². The van der Waals surface area contributed by atoms with E-state index in [0.717, 1.165) is 12.8 Å². The summed E-state index contributed by atoms with van der Waals surface area (Å²) in [4.78, 5) is 14.1. The van der Waals surface area contributed by atoms with E-state index >= 15 is 0 Å². The lowest BCUT2D eigenvalue weighted by atomic mass is 10.3. The van der Waals surface area contributed by atoms with Crippen molar-refractivity contribution in [2.45, 2.75) is 17.7 Å². The molecule has 150 valence electrons. The van der Waals surface area contributed by atoms with Crippen molar-refractivity contribution in [1.82, 2.24) is 4.31 Å². The summed E-state index contributed by atoms with van der Waals surface area (Å²) in [7, 11) is -0.226. The molecule has 3 rings (SSSR count). The average molecular weight is 404 g/mol. The minimum absolute atomic E-state index is 0.161. The first kappa shape index (κ1) is 20.2. The molecule has 0 atom stereocenters. The highest BCUT2D eigenvalue weighted by atomic mass is 32.2. The Morgan fingerprint density at radius 3 is 2.39 bits per heavy atom. The van der Waals surface area contributed by atoms with E-state index in [1.165, 1.54) is 21.3 Å². The van der Waals surface area contributed by atoms with E-state index < -0.39 is 10.0 Å². The Bertz CT molecular complexity index is 922. The van der Waals surface area contributed by atoms with Crippen LogP contribution in [0.4, 0.5) is 5.69 Å². The van der Waals surface area contributed by atoms with Crippen LogP contribution >= 0.6 is 0 Å². The number of anilines is 1. The number of sulfonamides is 1. The number of carbonyl (C=O) groups is 1. The van der Waals surface area contributed by atoms with Gasteiger partial charge in [-0.1, -0.05) is 6.07 Å². The zero-order valence-electron chi connectivity index (χ0n) is 16.0. The molecule has 1 aliphatic rings. The first-order valence-electron chi connectivity index (χ1n) is 9.05. The summed E-state index contributed by atoms with van der Waals surface area (Å²) in [5, 5.41) is 0. The highest BCUT2D eigenvalue weighted by Crippen LogP contribution is 2.23. The van der Waals surface area contributed by atoms with Crippen molar-refractivity contribution in [3.05, 3.63) is 48.5 Å². The Morgan fingerprint density at radius 2 is 1.75 bits per heavy atom. The highest BCUT2D eigenvalue weighted by molar-refractivity contribution is 7.89. The number of amides is 1. The number of carbonyl (C=O) groups excluding carboxylic acids is 1. The summed E-state index contributed by atoms with van der Waals surface area (Å²) < 4.78 is 37.2. The molecule has 1 fully saturated rings. The average Bonchev–Trinajstić information content (AvgIpc) is 3.27. The van der Waals surface area contributed by atoms with Gasteiger partial charge in [0.05, 0.1) is 12.0 Å². The smallest absolute Gasteiger partial charge is 0.264 e. The Labute approximate surface area is 165 Å². The molecular weight excluding hydrogens is 380 g/mol. The normalized spacial score (nSPS) is 14.6. The van der Waals surface area contributed by atoms with Gasteiger partial charge in [-0.3, -0.25) is 4.79 Å². The van der Waals surface area contributed by atoms with Crippen LogP contribution in [-0.2, 0) is 14.8 Å². The molecule has 2 aromatic rings. The second kappa shape index (κ2) is 8.62.